The highest BCUT2D eigenvalue weighted by Crippen LogP contribution is 2.41. The number of amides is 1. The van der Waals surface area contributed by atoms with Crippen LogP contribution in [0.4, 0.5) is 24.8 Å². The van der Waals surface area contributed by atoms with Crippen molar-refractivity contribution in [2.75, 3.05) is 23.8 Å². The minimum atomic E-state index is -4.68. The van der Waals surface area contributed by atoms with Crippen LogP contribution in [0.15, 0.2) is 48.8 Å². The molecule has 2 aromatic heterocycles. The molecular weight excluding hydrogens is 609 g/mol. The highest BCUT2D eigenvalue weighted by molar-refractivity contribution is 6.10. The minimum absolute atomic E-state index is 0.00739. The number of halogens is 3. The number of aryl methyl sites for hydroxylation is 1. The number of carbonyl (C=O) groups excluding carboxylic acids is 1. The average Bonchev–Trinajstić information content (AvgIpc) is 3.59. The summed E-state index contributed by atoms with van der Waals surface area (Å²) in [5.41, 5.74) is 1.73. The van der Waals surface area contributed by atoms with E-state index in [-0.39, 0.29) is 42.0 Å². The number of alkyl halides is 3. The third kappa shape index (κ3) is 6.43. The van der Waals surface area contributed by atoms with Crippen molar-refractivity contribution in [1.82, 2.24) is 24.6 Å². The average molecular weight is 645 g/mol. The molecule has 0 unspecified atom stereocenters. The number of nitrogens with one attached hydrogen (secondary N) is 1. The zero-order chi connectivity index (χ0) is 33.6. The summed E-state index contributed by atoms with van der Waals surface area (Å²) < 4.78 is 45.2. The van der Waals surface area contributed by atoms with Crippen molar-refractivity contribution >= 4 is 17.5 Å². The van der Waals surface area contributed by atoms with Gasteiger partial charge in [-0.05, 0) is 90.5 Å². The van der Waals surface area contributed by atoms with Crippen molar-refractivity contribution in [3.63, 3.8) is 0 Å². The summed E-state index contributed by atoms with van der Waals surface area (Å²) in [7, 11) is 3.60. The largest absolute Gasteiger partial charge is 0.416 e. The SMILES string of the molecule is CC(C)CNc1cc(-c2cc(C#N)ccc2-c2nncn2C)cc(N2Cc3c(cc(CN(C)C4CC(O)C4)cc3C(F)(F)F)C2=O)n1. The number of aliphatic hydroxyl groups excluding tert-OH is 1. The number of hydrogen-bond acceptors (Lipinski definition) is 8. The van der Waals surface area contributed by atoms with Gasteiger partial charge >= 0.3 is 6.18 Å². The number of aromatic nitrogens is 4. The van der Waals surface area contributed by atoms with Gasteiger partial charge in [0, 0.05) is 37.3 Å². The molecule has 10 nitrogen and oxygen atoms in total. The van der Waals surface area contributed by atoms with Crippen molar-refractivity contribution in [3.05, 3.63) is 76.6 Å². The summed E-state index contributed by atoms with van der Waals surface area (Å²) in [5, 5.41) is 30.9. The van der Waals surface area contributed by atoms with E-state index in [1.807, 2.05) is 25.8 Å². The van der Waals surface area contributed by atoms with Crippen LogP contribution in [-0.2, 0) is 26.3 Å². The molecule has 6 rings (SSSR count). The Bertz CT molecular complexity index is 1870. The van der Waals surface area contributed by atoms with Crippen LogP contribution >= 0.6 is 0 Å². The maximum atomic E-state index is 14.5. The number of anilines is 2. The fourth-order valence-electron chi connectivity index (χ4n) is 6.12. The molecule has 3 heterocycles. The highest BCUT2D eigenvalue weighted by atomic mass is 19.4. The van der Waals surface area contributed by atoms with Crippen molar-refractivity contribution in [1.29, 1.82) is 5.26 Å². The van der Waals surface area contributed by atoms with Crippen LogP contribution in [0.25, 0.3) is 22.5 Å². The van der Waals surface area contributed by atoms with Crippen molar-refractivity contribution in [3.8, 4) is 28.6 Å². The summed E-state index contributed by atoms with van der Waals surface area (Å²) in [5.74, 6) is 0.839. The molecule has 244 valence electrons. The minimum Gasteiger partial charge on any atom is -0.393 e. The first-order valence-electron chi connectivity index (χ1n) is 15.4. The Labute approximate surface area is 270 Å². The van der Waals surface area contributed by atoms with Gasteiger partial charge < -0.3 is 15.0 Å². The zero-order valence-electron chi connectivity index (χ0n) is 26.5. The Kier molecular flexibility index (Phi) is 8.50. The van der Waals surface area contributed by atoms with Gasteiger partial charge in [0.25, 0.3) is 5.91 Å². The number of nitriles is 1. The maximum Gasteiger partial charge on any atom is 0.416 e. The predicted molar refractivity (Wildman–Crippen MR) is 170 cm³/mol. The van der Waals surface area contributed by atoms with Crippen LogP contribution in [0.1, 0.15) is 59.3 Å². The van der Waals surface area contributed by atoms with E-state index in [1.165, 1.54) is 4.90 Å². The van der Waals surface area contributed by atoms with E-state index in [4.69, 9.17) is 4.98 Å². The van der Waals surface area contributed by atoms with Crippen LogP contribution in [-0.4, -0.2) is 61.4 Å². The van der Waals surface area contributed by atoms with E-state index >= 15 is 0 Å². The molecule has 0 spiro atoms. The second-order valence-corrected chi connectivity index (χ2v) is 12.8. The Morgan fingerprint density at radius 1 is 1.13 bits per heavy atom. The monoisotopic (exact) mass is 644 g/mol. The van der Waals surface area contributed by atoms with E-state index < -0.39 is 23.8 Å². The van der Waals surface area contributed by atoms with Crippen LogP contribution < -0.4 is 10.2 Å². The van der Waals surface area contributed by atoms with Crippen molar-refractivity contribution in [2.24, 2.45) is 13.0 Å². The summed E-state index contributed by atoms with van der Waals surface area (Å²) >= 11 is 0. The third-order valence-corrected chi connectivity index (χ3v) is 8.74. The highest BCUT2D eigenvalue weighted by Gasteiger charge is 2.41. The molecule has 2 N–H and O–H groups in total. The second-order valence-electron chi connectivity index (χ2n) is 12.8. The number of hydrogen-bond donors (Lipinski definition) is 2. The molecule has 2 aromatic carbocycles. The molecule has 0 saturated heterocycles. The first-order chi connectivity index (χ1) is 22.3. The van der Waals surface area contributed by atoms with Crippen LogP contribution in [0.2, 0.25) is 0 Å². The van der Waals surface area contributed by atoms with Gasteiger partial charge in [-0.3, -0.25) is 14.6 Å². The van der Waals surface area contributed by atoms with E-state index in [0.29, 0.717) is 58.8 Å². The van der Waals surface area contributed by atoms with E-state index in [9.17, 15) is 28.3 Å². The second kappa shape index (κ2) is 12.4. The van der Waals surface area contributed by atoms with Gasteiger partial charge in [-0.25, -0.2) is 4.98 Å². The number of aliphatic hydroxyl groups is 1. The number of fused-ring (bicyclic) bond motifs is 1. The van der Waals surface area contributed by atoms with Crippen molar-refractivity contribution in [2.45, 2.75) is 58.1 Å². The number of nitrogens with zero attached hydrogens (tertiary/aromatic N) is 7. The molecule has 1 saturated carbocycles. The molecule has 2 aliphatic rings. The molecule has 13 heteroatoms. The zero-order valence-corrected chi connectivity index (χ0v) is 26.5. The van der Waals surface area contributed by atoms with Crippen LogP contribution in [0.5, 0.6) is 0 Å². The van der Waals surface area contributed by atoms with Crippen molar-refractivity contribution < 1.29 is 23.1 Å². The topological polar surface area (TPSA) is 123 Å². The normalized spacial score (nSPS) is 17.6. The molecular formula is C34H35F3N8O2. The van der Waals surface area contributed by atoms with E-state index in [1.54, 1.807) is 54.3 Å². The summed E-state index contributed by atoms with van der Waals surface area (Å²) in [6, 6.07) is 13.5. The van der Waals surface area contributed by atoms with Gasteiger partial charge in [-0.2, -0.15) is 18.4 Å². The van der Waals surface area contributed by atoms with Gasteiger partial charge in [0.2, 0.25) is 0 Å². The molecule has 1 amide bonds. The first kappa shape index (κ1) is 32.2. The molecule has 1 aliphatic heterocycles. The predicted octanol–water partition coefficient (Wildman–Crippen LogP) is 5.62. The third-order valence-electron chi connectivity index (χ3n) is 8.74. The quantitative estimate of drug-likeness (QED) is 0.241. The molecule has 1 fully saturated rings. The lowest BCUT2D eigenvalue weighted by Gasteiger charge is -2.38. The maximum absolute atomic E-state index is 14.5. The number of rotatable bonds is 9. The Morgan fingerprint density at radius 2 is 1.89 bits per heavy atom. The van der Waals surface area contributed by atoms with Gasteiger partial charge in [0.1, 0.15) is 18.0 Å². The molecule has 0 bridgehead atoms. The summed E-state index contributed by atoms with van der Waals surface area (Å²) in [4.78, 5) is 21.8. The lowest BCUT2D eigenvalue weighted by molar-refractivity contribution is -0.138. The Morgan fingerprint density at radius 3 is 2.53 bits per heavy atom. The summed E-state index contributed by atoms with van der Waals surface area (Å²) in [6.45, 7) is 4.52. The molecule has 47 heavy (non-hydrogen) atoms. The molecule has 1 aliphatic carbocycles. The summed E-state index contributed by atoms with van der Waals surface area (Å²) in [6.07, 6.45) is -2.39. The first-order valence-corrected chi connectivity index (χ1v) is 15.4. The lowest BCUT2D eigenvalue weighted by atomic mass is 9.88. The number of pyridine rings is 1. The van der Waals surface area contributed by atoms with Gasteiger partial charge in [0.15, 0.2) is 5.82 Å². The lowest BCUT2D eigenvalue weighted by Crippen LogP contribution is -2.44. The molecule has 0 atom stereocenters. The van der Waals surface area contributed by atoms with Gasteiger partial charge in [0.05, 0.1) is 29.8 Å². The fraction of sp³-hybridized carbons (Fsp3) is 0.382. The van der Waals surface area contributed by atoms with Crippen LogP contribution in [0, 0.1) is 17.2 Å². The number of carbonyl (C=O) groups is 1. The number of benzene rings is 2. The van der Waals surface area contributed by atoms with E-state index in [2.05, 4.69) is 21.6 Å². The van der Waals surface area contributed by atoms with Gasteiger partial charge in [-0.15, -0.1) is 10.2 Å². The standard InChI is InChI=1S/C34H35F3N8O2/c1-19(2)15-39-30-10-22(26-7-20(14-38)5-6-25(26)32-42-40-18-44(32)4)11-31(41-30)45-17-28-27(33(45)47)8-21(9-29(28)34(35,36)37)16-43(3)23-12-24(46)13-23/h5-11,18-19,23-24,46H,12-13,15-17H2,1-4H3,(H,39,41). The molecule has 0 radical (unpaired) electrons. The van der Waals surface area contributed by atoms with Gasteiger partial charge in [-0.1, -0.05) is 13.8 Å². The Balaban J connectivity index is 1.43. The Hall–Kier alpha value is -4.80. The smallest absolute Gasteiger partial charge is 0.393 e. The molecule has 4 aromatic rings. The van der Waals surface area contributed by atoms with Crippen LogP contribution in [0.3, 0.4) is 0 Å². The fourth-order valence-corrected chi connectivity index (χ4v) is 6.12. The van der Waals surface area contributed by atoms with E-state index in [0.717, 1.165) is 6.07 Å².